The third kappa shape index (κ3) is 2.57. The molecule has 112 valence electrons. The molecule has 1 aromatic carbocycles. The molecule has 1 N–H and O–H groups in total. The zero-order chi connectivity index (χ0) is 16.4. The molecule has 1 aliphatic rings. The largest absolute Gasteiger partial charge is 0.478 e. The van der Waals surface area contributed by atoms with Crippen LogP contribution in [0, 0.1) is 10.1 Å². The topological polar surface area (TPSA) is 110 Å². The molecule has 0 saturated carbocycles. The Labute approximate surface area is 125 Å². The molecule has 1 heterocycles. The molecule has 0 bridgehead atoms. The van der Waals surface area contributed by atoms with Gasteiger partial charge in [-0.2, -0.15) is 0 Å². The number of aliphatic carboxylic acids is 1. The van der Waals surface area contributed by atoms with E-state index in [0.717, 1.165) is 0 Å². The summed E-state index contributed by atoms with van der Waals surface area (Å²) in [6, 6.07) is 5.56. The van der Waals surface area contributed by atoms with Crippen molar-refractivity contribution < 1.29 is 19.6 Å². The summed E-state index contributed by atoms with van der Waals surface area (Å²) in [5, 5.41) is 20.3. The SMILES string of the molecule is CC1=NC(C)=C(C(=O)O)C(c2cccc([N+](=O)[O-])c2)C1=C=O. The average molecular weight is 300 g/mol. The fourth-order valence-electron chi connectivity index (χ4n) is 2.50. The van der Waals surface area contributed by atoms with E-state index in [4.69, 9.17) is 0 Å². The maximum Gasteiger partial charge on any atom is 0.334 e. The standard InChI is InChI=1S/C15H12N2O5/c1-8-12(7-18)14(13(15(19)20)9(2)16-8)10-4-3-5-11(6-10)17(21)22/h3-6,14H,1-2H3,(H,19,20). The third-order valence-electron chi connectivity index (χ3n) is 3.45. The summed E-state index contributed by atoms with van der Waals surface area (Å²) in [5.41, 5.74) is 0.784. The zero-order valence-corrected chi connectivity index (χ0v) is 11.9. The molecule has 0 fully saturated rings. The molecule has 1 atom stereocenters. The number of nitrogens with zero attached hydrogens (tertiary/aromatic N) is 2. The number of aliphatic imine (C=N–C) groups is 1. The van der Waals surface area contributed by atoms with E-state index in [1.54, 1.807) is 18.9 Å². The fraction of sp³-hybridized carbons (Fsp3) is 0.200. The quantitative estimate of drug-likeness (QED) is 0.523. The van der Waals surface area contributed by atoms with Crippen molar-refractivity contribution in [2.45, 2.75) is 19.8 Å². The number of carboxylic acid groups (broad SMARTS) is 1. The lowest BCUT2D eigenvalue weighted by Gasteiger charge is -2.24. The summed E-state index contributed by atoms with van der Waals surface area (Å²) in [6.07, 6.45) is 0. The van der Waals surface area contributed by atoms with Crippen molar-refractivity contribution in [3.63, 3.8) is 0 Å². The van der Waals surface area contributed by atoms with E-state index in [1.165, 1.54) is 25.1 Å². The van der Waals surface area contributed by atoms with Crippen LogP contribution in [0.3, 0.4) is 0 Å². The van der Waals surface area contributed by atoms with Gasteiger partial charge in [-0.1, -0.05) is 12.1 Å². The highest BCUT2D eigenvalue weighted by atomic mass is 16.6. The Hall–Kier alpha value is -3.05. The normalized spacial score (nSPS) is 17.8. The maximum absolute atomic E-state index is 11.5. The second-order valence-electron chi connectivity index (χ2n) is 4.80. The van der Waals surface area contributed by atoms with Crippen molar-refractivity contribution in [1.82, 2.24) is 0 Å². The highest BCUT2D eigenvalue weighted by molar-refractivity contribution is 6.11. The molecule has 1 aromatic rings. The molecule has 7 heteroatoms. The summed E-state index contributed by atoms with van der Waals surface area (Å²) in [5.74, 6) is -0.423. The molecule has 2 rings (SSSR count). The number of carbonyl (C=O) groups excluding carboxylic acids is 1. The first kappa shape index (κ1) is 15.3. The van der Waals surface area contributed by atoms with Crippen LogP contribution in [-0.4, -0.2) is 27.7 Å². The van der Waals surface area contributed by atoms with Crippen LogP contribution in [0.2, 0.25) is 0 Å². The third-order valence-corrected chi connectivity index (χ3v) is 3.45. The molecule has 0 saturated heterocycles. The van der Waals surface area contributed by atoms with E-state index in [0.29, 0.717) is 11.3 Å². The summed E-state index contributed by atoms with van der Waals surface area (Å²) in [6.45, 7) is 3.10. The Morgan fingerprint density at radius 1 is 1.41 bits per heavy atom. The second kappa shape index (κ2) is 5.75. The number of hydrogen-bond donors (Lipinski definition) is 1. The van der Waals surface area contributed by atoms with Gasteiger partial charge in [0.05, 0.1) is 27.7 Å². The van der Waals surface area contributed by atoms with Crippen molar-refractivity contribution in [1.29, 1.82) is 0 Å². The van der Waals surface area contributed by atoms with Crippen molar-refractivity contribution >= 4 is 23.3 Å². The van der Waals surface area contributed by atoms with E-state index in [1.807, 2.05) is 0 Å². The number of benzene rings is 1. The van der Waals surface area contributed by atoms with Gasteiger partial charge in [0.2, 0.25) is 0 Å². The smallest absolute Gasteiger partial charge is 0.334 e. The number of non-ortho nitro benzene ring substituents is 1. The molecule has 0 aliphatic carbocycles. The van der Waals surface area contributed by atoms with E-state index >= 15 is 0 Å². The van der Waals surface area contributed by atoms with Gasteiger partial charge in [0.1, 0.15) is 5.94 Å². The van der Waals surface area contributed by atoms with Gasteiger partial charge in [0.25, 0.3) is 5.69 Å². The predicted octanol–water partition coefficient (Wildman–Crippen LogP) is 2.27. The Morgan fingerprint density at radius 3 is 2.64 bits per heavy atom. The minimum absolute atomic E-state index is 0.0727. The molecule has 0 aromatic heterocycles. The lowest BCUT2D eigenvalue weighted by molar-refractivity contribution is -0.384. The van der Waals surface area contributed by atoms with Crippen LogP contribution in [0.15, 0.2) is 46.1 Å². The fourth-order valence-corrected chi connectivity index (χ4v) is 2.50. The summed E-state index contributed by atoms with van der Waals surface area (Å²) in [4.78, 5) is 37.2. The Morgan fingerprint density at radius 2 is 2.09 bits per heavy atom. The van der Waals surface area contributed by atoms with E-state index < -0.39 is 16.8 Å². The average Bonchev–Trinajstić information content (AvgIpc) is 2.46. The number of rotatable bonds is 3. The highest BCUT2D eigenvalue weighted by Gasteiger charge is 2.34. The number of allylic oxidation sites excluding steroid dienone is 2. The van der Waals surface area contributed by atoms with Crippen molar-refractivity contribution in [3.8, 4) is 0 Å². The number of nitro benzene ring substituents is 1. The van der Waals surface area contributed by atoms with Gasteiger partial charge in [-0.15, -0.1) is 0 Å². The Balaban J connectivity index is 2.71. The van der Waals surface area contributed by atoms with Gasteiger partial charge < -0.3 is 5.11 Å². The van der Waals surface area contributed by atoms with Gasteiger partial charge >= 0.3 is 5.97 Å². The molecule has 1 unspecified atom stereocenters. The minimum atomic E-state index is -1.22. The Kier molecular flexibility index (Phi) is 4.01. The lowest BCUT2D eigenvalue weighted by atomic mass is 9.80. The summed E-state index contributed by atoms with van der Waals surface area (Å²) < 4.78 is 0. The zero-order valence-electron chi connectivity index (χ0n) is 11.9. The van der Waals surface area contributed by atoms with Crippen LogP contribution in [0.1, 0.15) is 25.3 Å². The number of nitro groups is 1. The minimum Gasteiger partial charge on any atom is -0.478 e. The van der Waals surface area contributed by atoms with Gasteiger partial charge in [-0.25, -0.2) is 9.59 Å². The molecule has 0 spiro atoms. The predicted molar refractivity (Wildman–Crippen MR) is 78.5 cm³/mol. The molecular formula is C15H12N2O5. The number of carboxylic acids is 1. The van der Waals surface area contributed by atoms with Gasteiger partial charge in [-0.3, -0.25) is 15.1 Å². The summed E-state index contributed by atoms with van der Waals surface area (Å²) in [7, 11) is 0. The van der Waals surface area contributed by atoms with Crippen LogP contribution >= 0.6 is 0 Å². The molecular weight excluding hydrogens is 288 g/mol. The van der Waals surface area contributed by atoms with Crippen molar-refractivity contribution in [2.24, 2.45) is 4.99 Å². The summed E-state index contributed by atoms with van der Waals surface area (Å²) >= 11 is 0. The van der Waals surface area contributed by atoms with Crippen LogP contribution in [-0.2, 0) is 9.59 Å². The van der Waals surface area contributed by atoms with Gasteiger partial charge in [-0.05, 0) is 19.4 Å². The van der Waals surface area contributed by atoms with Gasteiger partial charge in [0.15, 0.2) is 0 Å². The molecule has 0 amide bonds. The second-order valence-corrected chi connectivity index (χ2v) is 4.80. The van der Waals surface area contributed by atoms with Crippen LogP contribution < -0.4 is 0 Å². The maximum atomic E-state index is 11.5. The van der Waals surface area contributed by atoms with E-state index in [-0.39, 0.29) is 22.5 Å². The van der Waals surface area contributed by atoms with Crippen molar-refractivity contribution in [3.05, 3.63) is 56.8 Å². The van der Waals surface area contributed by atoms with Gasteiger partial charge in [0, 0.05) is 17.8 Å². The Bertz CT molecular complexity index is 785. The molecule has 1 aliphatic heterocycles. The first-order chi connectivity index (χ1) is 10.4. The monoisotopic (exact) mass is 300 g/mol. The van der Waals surface area contributed by atoms with Crippen LogP contribution in [0.5, 0.6) is 0 Å². The van der Waals surface area contributed by atoms with E-state index in [9.17, 15) is 24.8 Å². The van der Waals surface area contributed by atoms with Crippen molar-refractivity contribution in [2.75, 3.05) is 0 Å². The molecule has 7 nitrogen and oxygen atoms in total. The first-order valence-corrected chi connectivity index (χ1v) is 6.36. The van der Waals surface area contributed by atoms with E-state index in [2.05, 4.69) is 4.99 Å². The number of hydrogen-bond acceptors (Lipinski definition) is 5. The highest BCUT2D eigenvalue weighted by Crippen LogP contribution is 2.38. The molecule has 0 radical (unpaired) electrons. The lowest BCUT2D eigenvalue weighted by Crippen LogP contribution is -2.23. The van der Waals surface area contributed by atoms with Crippen LogP contribution in [0.25, 0.3) is 0 Å². The number of carbonyl (C=O) groups is 1. The van der Waals surface area contributed by atoms with Crippen LogP contribution in [0.4, 0.5) is 5.69 Å². The first-order valence-electron chi connectivity index (χ1n) is 6.36. The molecule has 22 heavy (non-hydrogen) atoms.